The first-order valence-electron chi connectivity index (χ1n) is 13.7. The van der Waals surface area contributed by atoms with E-state index in [9.17, 15) is 18.0 Å². The Morgan fingerprint density at radius 3 is 2.08 bits per heavy atom. The molecule has 8 heteroatoms. The van der Waals surface area contributed by atoms with E-state index in [0.29, 0.717) is 5.69 Å². The molecule has 0 aliphatic carbocycles. The summed E-state index contributed by atoms with van der Waals surface area (Å²) in [5.41, 5.74) is 4.94. The number of benzene rings is 3. The van der Waals surface area contributed by atoms with Crippen molar-refractivity contribution in [1.29, 1.82) is 0 Å². The van der Waals surface area contributed by atoms with E-state index in [4.69, 9.17) is 0 Å². The molecule has 40 heavy (non-hydrogen) atoms. The number of nitrogens with zero attached hydrogens (tertiary/aromatic N) is 2. The molecule has 1 N–H and O–H groups in total. The second kappa shape index (κ2) is 13.1. The Balaban J connectivity index is 2.07. The molecule has 0 spiro atoms. The van der Waals surface area contributed by atoms with Gasteiger partial charge in [-0.2, -0.15) is 0 Å². The van der Waals surface area contributed by atoms with Crippen LogP contribution in [0.4, 0.5) is 5.69 Å². The molecular formula is C32H41N3O4S. The predicted octanol–water partition coefficient (Wildman–Crippen LogP) is 5.45. The van der Waals surface area contributed by atoms with Crippen LogP contribution >= 0.6 is 0 Å². The number of sulfonamides is 1. The molecule has 2 amide bonds. The topological polar surface area (TPSA) is 86.8 Å². The third kappa shape index (κ3) is 7.30. The van der Waals surface area contributed by atoms with Crippen molar-refractivity contribution in [1.82, 2.24) is 10.2 Å². The van der Waals surface area contributed by atoms with Crippen molar-refractivity contribution in [2.24, 2.45) is 0 Å². The van der Waals surface area contributed by atoms with E-state index in [-0.39, 0.29) is 23.4 Å². The summed E-state index contributed by atoms with van der Waals surface area (Å²) < 4.78 is 29.2. The fourth-order valence-electron chi connectivity index (χ4n) is 4.46. The molecule has 0 radical (unpaired) electrons. The van der Waals surface area contributed by atoms with Crippen molar-refractivity contribution in [3.05, 3.63) is 94.5 Å². The monoisotopic (exact) mass is 563 g/mol. The van der Waals surface area contributed by atoms with Gasteiger partial charge in [0.1, 0.15) is 12.6 Å². The summed E-state index contributed by atoms with van der Waals surface area (Å²) in [7, 11) is -4.10. The van der Waals surface area contributed by atoms with Crippen LogP contribution < -0.4 is 9.62 Å². The maximum atomic E-state index is 14.1. The summed E-state index contributed by atoms with van der Waals surface area (Å²) in [6.45, 7) is 12.9. The van der Waals surface area contributed by atoms with E-state index in [2.05, 4.69) is 5.32 Å². The summed E-state index contributed by atoms with van der Waals surface area (Å²) in [4.78, 5) is 28.9. The Morgan fingerprint density at radius 1 is 0.850 bits per heavy atom. The van der Waals surface area contributed by atoms with Gasteiger partial charge in [-0.3, -0.25) is 13.9 Å². The number of aryl methyl sites for hydroxylation is 4. The van der Waals surface area contributed by atoms with Gasteiger partial charge in [0.2, 0.25) is 11.8 Å². The lowest BCUT2D eigenvalue weighted by atomic mass is 10.1. The van der Waals surface area contributed by atoms with Gasteiger partial charge in [-0.05, 0) is 82.9 Å². The molecule has 3 rings (SSSR count). The molecule has 3 aromatic carbocycles. The van der Waals surface area contributed by atoms with E-state index in [1.807, 2.05) is 77.9 Å². The van der Waals surface area contributed by atoms with Crippen LogP contribution in [0.25, 0.3) is 0 Å². The highest BCUT2D eigenvalue weighted by Crippen LogP contribution is 2.28. The second-order valence-electron chi connectivity index (χ2n) is 10.6. The number of carbonyl (C=O) groups excluding carboxylic acids is 2. The van der Waals surface area contributed by atoms with Crippen LogP contribution in [-0.2, 0) is 26.2 Å². The Morgan fingerprint density at radius 2 is 1.48 bits per heavy atom. The molecule has 0 fully saturated rings. The van der Waals surface area contributed by atoms with Gasteiger partial charge in [-0.1, -0.05) is 66.6 Å². The highest BCUT2D eigenvalue weighted by Gasteiger charge is 2.33. The first kappa shape index (κ1) is 30.9. The number of nitrogens with one attached hydrogen (secondary N) is 1. The minimum Gasteiger partial charge on any atom is -0.352 e. The van der Waals surface area contributed by atoms with Crippen molar-refractivity contribution in [3.63, 3.8) is 0 Å². The summed E-state index contributed by atoms with van der Waals surface area (Å²) in [6, 6.07) is 18.8. The van der Waals surface area contributed by atoms with Crippen molar-refractivity contribution < 1.29 is 18.0 Å². The SMILES string of the molecule is CC[C@@H](C)NC(=O)[C@H](C)N(Cc1ccccc1C)C(=O)CN(c1ccc(C)cc1C)S(=O)(=O)c1ccc(C)cc1. The molecule has 7 nitrogen and oxygen atoms in total. The lowest BCUT2D eigenvalue weighted by Gasteiger charge is -2.33. The molecular weight excluding hydrogens is 522 g/mol. The molecule has 2 atom stereocenters. The molecule has 0 bridgehead atoms. The highest BCUT2D eigenvalue weighted by atomic mass is 32.2. The van der Waals surface area contributed by atoms with E-state index in [1.165, 1.54) is 9.21 Å². The maximum absolute atomic E-state index is 14.1. The smallest absolute Gasteiger partial charge is 0.264 e. The molecule has 214 valence electrons. The number of hydrogen-bond donors (Lipinski definition) is 1. The van der Waals surface area contributed by atoms with Gasteiger partial charge in [-0.15, -0.1) is 0 Å². The van der Waals surface area contributed by atoms with E-state index < -0.39 is 28.5 Å². The second-order valence-corrected chi connectivity index (χ2v) is 12.4. The predicted molar refractivity (Wildman–Crippen MR) is 161 cm³/mol. The molecule has 3 aromatic rings. The van der Waals surface area contributed by atoms with E-state index in [1.54, 1.807) is 37.3 Å². The summed E-state index contributed by atoms with van der Waals surface area (Å²) in [5, 5.41) is 2.96. The van der Waals surface area contributed by atoms with Gasteiger partial charge >= 0.3 is 0 Å². The van der Waals surface area contributed by atoms with Gasteiger partial charge in [0, 0.05) is 12.6 Å². The summed E-state index contributed by atoms with van der Waals surface area (Å²) >= 11 is 0. The van der Waals surface area contributed by atoms with E-state index in [0.717, 1.165) is 34.2 Å². The zero-order valence-corrected chi connectivity index (χ0v) is 25.4. The average Bonchev–Trinajstić information content (AvgIpc) is 2.91. The van der Waals surface area contributed by atoms with E-state index >= 15 is 0 Å². The van der Waals surface area contributed by atoms with Gasteiger partial charge in [0.15, 0.2) is 0 Å². The lowest BCUT2D eigenvalue weighted by molar-refractivity contribution is -0.139. The van der Waals surface area contributed by atoms with Crippen molar-refractivity contribution in [2.45, 2.75) is 78.4 Å². The standard InChI is InChI=1S/C32H41N3O4S/c1-8-26(6)33-32(37)27(7)34(20-28-12-10-9-11-24(28)4)31(36)21-35(30-18-15-23(3)19-25(30)5)40(38,39)29-16-13-22(2)14-17-29/h9-19,26-27H,8,20-21H2,1-7H3,(H,33,37)/t26-,27+/m1/s1. The lowest BCUT2D eigenvalue weighted by Crippen LogP contribution is -2.52. The quantitative estimate of drug-likeness (QED) is 0.336. The van der Waals surface area contributed by atoms with Crippen molar-refractivity contribution in [2.75, 3.05) is 10.8 Å². The summed E-state index contributed by atoms with van der Waals surface area (Å²) in [5.74, 6) is -0.749. The first-order chi connectivity index (χ1) is 18.8. The number of hydrogen-bond acceptors (Lipinski definition) is 4. The van der Waals surface area contributed by atoms with Crippen LogP contribution in [-0.4, -0.2) is 43.8 Å². The molecule has 0 aromatic heterocycles. The minimum absolute atomic E-state index is 0.0565. The molecule has 0 heterocycles. The Labute approximate surface area is 239 Å². The maximum Gasteiger partial charge on any atom is 0.264 e. The third-order valence-corrected chi connectivity index (χ3v) is 9.05. The average molecular weight is 564 g/mol. The fourth-order valence-corrected chi connectivity index (χ4v) is 5.93. The zero-order valence-electron chi connectivity index (χ0n) is 24.6. The van der Waals surface area contributed by atoms with Crippen LogP contribution in [0.15, 0.2) is 71.6 Å². The highest BCUT2D eigenvalue weighted by molar-refractivity contribution is 7.92. The number of rotatable bonds is 11. The largest absolute Gasteiger partial charge is 0.352 e. The third-order valence-electron chi connectivity index (χ3n) is 7.28. The summed E-state index contributed by atoms with van der Waals surface area (Å²) in [6.07, 6.45) is 0.749. The fraction of sp³-hybridized carbons (Fsp3) is 0.375. The Hall–Kier alpha value is -3.65. The van der Waals surface area contributed by atoms with Gasteiger partial charge < -0.3 is 10.2 Å². The Kier molecular flexibility index (Phi) is 10.1. The molecule has 0 unspecified atom stereocenters. The van der Waals surface area contributed by atoms with Crippen LogP contribution in [0.3, 0.4) is 0 Å². The number of carbonyl (C=O) groups is 2. The normalized spacial score (nSPS) is 12.9. The number of anilines is 1. The van der Waals surface area contributed by atoms with Crippen LogP contribution in [0.5, 0.6) is 0 Å². The van der Waals surface area contributed by atoms with Crippen LogP contribution in [0, 0.1) is 27.7 Å². The van der Waals surface area contributed by atoms with Gasteiger partial charge in [0.25, 0.3) is 10.0 Å². The molecule has 0 saturated carbocycles. The Bertz CT molecular complexity index is 1450. The molecule has 0 aliphatic heterocycles. The van der Waals surface area contributed by atoms with Gasteiger partial charge in [0.05, 0.1) is 10.6 Å². The van der Waals surface area contributed by atoms with Crippen molar-refractivity contribution >= 4 is 27.5 Å². The van der Waals surface area contributed by atoms with Crippen LogP contribution in [0.1, 0.15) is 55.0 Å². The minimum atomic E-state index is -4.10. The van der Waals surface area contributed by atoms with Crippen LogP contribution in [0.2, 0.25) is 0 Å². The molecule has 0 aliphatic rings. The van der Waals surface area contributed by atoms with Crippen molar-refractivity contribution in [3.8, 4) is 0 Å². The zero-order chi connectivity index (χ0) is 29.6. The van der Waals surface area contributed by atoms with Gasteiger partial charge in [-0.25, -0.2) is 8.42 Å². The number of amides is 2. The first-order valence-corrected chi connectivity index (χ1v) is 15.1. The molecule has 0 saturated heterocycles.